The number of benzene rings is 1. The van der Waals surface area contributed by atoms with Crippen LogP contribution in [0.2, 0.25) is 0 Å². The van der Waals surface area contributed by atoms with E-state index in [0.717, 1.165) is 6.54 Å². The van der Waals surface area contributed by atoms with Crippen LogP contribution in [-0.2, 0) is 11.8 Å². The Morgan fingerprint density at radius 3 is 2.67 bits per heavy atom. The van der Waals surface area contributed by atoms with Gasteiger partial charge in [0.15, 0.2) is 0 Å². The summed E-state index contributed by atoms with van der Waals surface area (Å²) in [5, 5.41) is 3.97. The minimum absolute atomic E-state index is 0.262. The van der Waals surface area contributed by atoms with Crippen molar-refractivity contribution in [2.24, 2.45) is 5.41 Å². The van der Waals surface area contributed by atoms with Crippen molar-refractivity contribution in [2.45, 2.75) is 95.4 Å². The first kappa shape index (κ1) is 20.2. The molecule has 2 atom stereocenters. The molecule has 2 nitrogen and oxygen atoms in total. The van der Waals surface area contributed by atoms with Crippen LogP contribution in [0.4, 0.5) is 0 Å². The van der Waals surface area contributed by atoms with E-state index in [1.807, 2.05) is 6.20 Å². The highest BCUT2D eigenvalue weighted by molar-refractivity contribution is 5.40. The maximum absolute atomic E-state index is 4.92. The lowest BCUT2D eigenvalue weighted by Gasteiger charge is -2.50. The molecule has 0 amide bonds. The molecule has 30 heavy (non-hydrogen) atoms. The van der Waals surface area contributed by atoms with E-state index in [2.05, 4.69) is 48.6 Å². The Kier molecular flexibility index (Phi) is 5.71. The van der Waals surface area contributed by atoms with Crippen molar-refractivity contribution in [1.82, 2.24) is 10.3 Å². The third-order valence-corrected chi connectivity index (χ3v) is 8.70. The fourth-order valence-corrected chi connectivity index (χ4v) is 7.20. The number of rotatable bonds is 5. The van der Waals surface area contributed by atoms with Crippen molar-refractivity contribution in [1.29, 1.82) is 0 Å². The van der Waals surface area contributed by atoms with Crippen LogP contribution in [0, 0.1) is 12.3 Å². The standard InChI is InChI=1S/C28H38N2/c1-22-9-7-10-24-23(22)12-13-25(24)29-20-18-28(26-11-3-6-19-30-26)17-8-16-27(21-28)14-4-2-5-15-27/h3,6-7,9-11,19,25,29H,2,4-5,8,12-18,20-21H2,1H3. The summed E-state index contributed by atoms with van der Waals surface area (Å²) < 4.78 is 0. The Bertz CT molecular complexity index is 847. The smallest absolute Gasteiger partial charge is 0.0466 e. The van der Waals surface area contributed by atoms with Crippen molar-refractivity contribution in [3.8, 4) is 0 Å². The molecule has 0 radical (unpaired) electrons. The number of aromatic nitrogens is 1. The molecule has 2 fully saturated rings. The molecule has 5 rings (SSSR count). The van der Waals surface area contributed by atoms with Gasteiger partial charge in [-0.2, -0.15) is 0 Å². The van der Waals surface area contributed by atoms with E-state index in [1.54, 1.807) is 11.1 Å². The topological polar surface area (TPSA) is 24.9 Å². The van der Waals surface area contributed by atoms with Crippen LogP contribution in [0.25, 0.3) is 0 Å². The van der Waals surface area contributed by atoms with Gasteiger partial charge in [-0.1, -0.05) is 49.9 Å². The fraction of sp³-hybridized carbons (Fsp3) is 0.607. The number of aryl methyl sites for hydroxylation is 1. The second-order valence-electron chi connectivity index (χ2n) is 10.5. The molecule has 1 aromatic heterocycles. The lowest BCUT2D eigenvalue weighted by atomic mass is 9.55. The van der Waals surface area contributed by atoms with Gasteiger partial charge in [-0.3, -0.25) is 4.98 Å². The molecule has 1 heterocycles. The fourth-order valence-electron chi connectivity index (χ4n) is 7.20. The van der Waals surface area contributed by atoms with Gasteiger partial charge in [-0.25, -0.2) is 0 Å². The molecule has 1 aromatic carbocycles. The van der Waals surface area contributed by atoms with Crippen molar-refractivity contribution in [3.63, 3.8) is 0 Å². The molecule has 2 heteroatoms. The third-order valence-electron chi connectivity index (χ3n) is 8.70. The molecule has 3 aliphatic rings. The monoisotopic (exact) mass is 402 g/mol. The predicted octanol–water partition coefficient (Wildman–Crippen LogP) is 6.82. The summed E-state index contributed by atoms with van der Waals surface area (Å²) in [6.07, 6.45) is 18.4. The van der Waals surface area contributed by atoms with E-state index in [-0.39, 0.29) is 5.41 Å². The average Bonchev–Trinajstić information content (AvgIpc) is 3.19. The Balaban J connectivity index is 1.33. The Hall–Kier alpha value is -1.67. The van der Waals surface area contributed by atoms with Crippen LogP contribution < -0.4 is 5.32 Å². The zero-order valence-corrected chi connectivity index (χ0v) is 18.8. The Morgan fingerprint density at radius 2 is 1.83 bits per heavy atom. The molecule has 2 aromatic rings. The maximum atomic E-state index is 4.92. The summed E-state index contributed by atoms with van der Waals surface area (Å²) in [5.74, 6) is 0. The van der Waals surface area contributed by atoms with Gasteiger partial charge in [0.25, 0.3) is 0 Å². The zero-order chi connectivity index (χ0) is 20.4. The molecule has 0 aliphatic heterocycles. The van der Waals surface area contributed by atoms with Gasteiger partial charge in [0, 0.05) is 23.3 Å². The van der Waals surface area contributed by atoms with E-state index in [4.69, 9.17) is 4.98 Å². The van der Waals surface area contributed by atoms with Gasteiger partial charge < -0.3 is 5.32 Å². The largest absolute Gasteiger partial charge is 0.310 e. The van der Waals surface area contributed by atoms with Gasteiger partial charge in [0.05, 0.1) is 0 Å². The third kappa shape index (κ3) is 3.84. The van der Waals surface area contributed by atoms with Crippen molar-refractivity contribution >= 4 is 0 Å². The molecule has 3 aliphatic carbocycles. The molecule has 0 bridgehead atoms. The number of nitrogens with one attached hydrogen (secondary N) is 1. The first-order valence-corrected chi connectivity index (χ1v) is 12.4. The quantitative estimate of drug-likeness (QED) is 0.593. The van der Waals surface area contributed by atoms with Gasteiger partial charge in [0.2, 0.25) is 0 Å². The number of nitrogens with zero attached hydrogens (tertiary/aromatic N) is 1. The maximum Gasteiger partial charge on any atom is 0.0466 e. The lowest BCUT2D eigenvalue weighted by molar-refractivity contribution is 0.0614. The predicted molar refractivity (Wildman–Crippen MR) is 125 cm³/mol. The average molecular weight is 403 g/mol. The van der Waals surface area contributed by atoms with Crippen molar-refractivity contribution in [2.75, 3.05) is 6.54 Å². The summed E-state index contributed by atoms with van der Waals surface area (Å²) >= 11 is 0. The van der Waals surface area contributed by atoms with E-state index < -0.39 is 0 Å². The highest BCUT2D eigenvalue weighted by Gasteiger charge is 2.46. The van der Waals surface area contributed by atoms with Crippen LogP contribution in [0.1, 0.15) is 99.1 Å². The summed E-state index contributed by atoms with van der Waals surface area (Å²) in [4.78, 5) is 4.92. The number of fused-ring (bicyclic) bond motifs is 1. The molecule has 2 unspecified atom stereocenters. The highest BCUT2D eigenvalue weighted by Crippen LogP contribution is 2.55. The zero-order valence-electron chi connectivity index (χ0n) is 18.8. The summed E-state index contributed by atoms with van der Waals surface area (Å²) in [6.45, 7) is 3.37. The Labute approximate surface area is 182 Å². The van der Waals surface area contributed by atoms with Gasteiger partial charge in [-0.15, -0.1) is 0 Å². The first-order valence-electron chi connectivity index (χ1n) is 12.4. The van der Waals surface area contributed by atoms with Crippen LogP contribution >= 0.6 is 0 Å². The van der Waals surface area contributed by atoms with E-state index in [9.17, 15) is 0 Å². The van der Waals surface area contributed by atoms with Crippen LogP contribution in [0.3, 0.4) is 0 Å². The highest BCUT2D eigenvalue weighted by atomic mass is 14.9. The van der Waals surface area contributed by atoms with Gasteiger partial charge in [0.1, 0.15) is 0 Å². The number of pyridine rings is 1. The van der Waals surface area contributed by atoms with E-state index in [0.29, 0.717) is 11.5 Å². The minimum atomic E-state index is 0.262. The van der Waals surface area contributed by atoms with E-state index >= 15 is 0 Å². The summed E-state index contributed by atoms with van der Waals surface area (Å²) in [7, 11) is 0. The first-order chi connectivity index (χ1) is 14.7. The number of hydrogen-bond acceptors (Lipinski definition) is 2. The molecule has 1 spiro atoms. The van der Waals surface area contributed by atoms with Gasteiger partial charge >= 0.3 is 0 Å². The Morgan fingerprint density at radius 1 is 0.967 bits per heavy atom. The number of hydrogen-bond donors (Lipinski definition) is 1. The van der Waals surface area contributed by atoms with Crippen molar-refractivity contribution < 1.29 is 0 Å². The van der Waals surface area contributed by atoms with Crippen molar-refractivity contribution in [3.05, 3.63) is 65.0 Å². The molecule has 1 N–H and O–H groups in total. The molecule has 0 saturated heterocycles. The minimum Gasteiger partial charge on any atom is -0.310 e. The van der Waals surface area contributed by atoms with Crippen LogP contribution in [-0.4, -0.2) is 11.5 Å². The molecular formula is C28H38N2. The SMILES string of the molecule is Cc1cccc2c1CCC2NCCC1(c2ccccn2)CCCC2(CCCCC2)C1. The van der Waals surface area contributed by atoms with Gasteiger partial charge in [-0.05, 0) is 99.1 Å². The second kappa shape index (κ2) is 8.46. The lowest BCUT2D eigenvalue weighted by Crippen LogP contribution is -2.43. The molecule has 2 saturated carbocycles. The van der Waals surface area contributed by atoms with E-state index in [1.165, 1.54) is 88.3 Å². The van der Waals surface area contributed by atoms with Crippen LogP contribution in [0.5, 0.6) is 0 Å². The van der Waals surface area contributed by atoms with Crippen LogP contribution in [0.15, 0.2) is 42.6 Å². The normalized spacial score (nSPS) is 27.8. The summed E-state index contributed by atoms with van der Waals surface area (Å²) in [6, 6.07) is 14.0. The second-order valence-corrected chi connectivity index (χ2v) is 10.5. The molecule has 160 valence electrons. The summed E-state index contributed by atoms with van der Waals surface area (Å²) in [5.41, 5.74) is 6.82. The molecular weight excluding hydrogens is 364 g/mol.